The van der Waals surface area contributed by atoms with Gasteiger partial charge in [-0.3, -0.25) is 9.69 Å². The zero-order valence-corrected chi connectivity index (χ0v) is 15.7. The van der Waals surface area contributed by atoms with E-state index >= 15 is 0 Å². The predicted octanol–water partition coefficient (Wildman–Crippen LogP) is 1.40. The highest BCUT2D eigenvalue weighted by molar-refractivity contribution is 9.10. The van der Waals surface area contributed by atoms with Crippen LogP contribution in [0.1, 0.15) is 0 Å². The summed E-state index contributed by atoms with van der Waals surface area (Å²) in [6, 6.07) is 5.65. The molecule has 0 saturated carbocycles. The summed E-state index contributed by atoms with van der Waals surface area (Å²) in [5.74, 6) is 0.637. The maximum Gasteiger partial charge on any atom is 0.274 e. The Kier molecular flexibility index (Phi) is 5.72. The van der Waals surface area contributed by atoms with E-state index in [-0.39, 0.29) is 12.2 Å². The van der Waals surface area contributed by atoms with E-state index in [1.54, 1.807) is 19.3 Å². The molecule has 0 atom stereocenters. The van der Waals surface area contributed by atoms with Gasteiger partial charge in [0.1, 0.15) is 11.5 Å². The van der Waals surface area contributed by atoms with Crippen LogP contribution >= 0.6 is 15.9 Å². The Morgan fingerprint density at radius 3 is 2.68 bits per heavy atom. The summed E-state index contributed by atoms with van der Waals surface area (Å²) in [7, 11) is 1.71. The molecular formula is C17H22BrN5O2. The summed E-state index contributed by atoms with van der Waals surface area (Å²) >= 11 is 3.39. The lowest BCUT2D eigenvalue weighted by Gasteiger charge is -2.35. The Morgan fingerprint density at radius 2 is 2.04 bits per heavy atom. The van der Waals surface area contributed by atoms with E-state index in [4.69, 9.17) is 5.11 Å². The van der Waals surface area contributed by atoms with Crippen LogP contribution in [0.25, 0.3) is 0 Å². The van der Waals surface area contributed by atoms with E-state index in [1.807, 2.05) is 18.3 Å². The van der Waals surface area contributed by atoms with Crippen LogP contribution in [0.15, 0.2) is 39.9 Å². The number of β-amino-alcohol motifs (C(OH)–C–C–N with tert-alkyl or cyclic N) is 1. The summed E-state index contributed by atoms with van der Waals surface area (Å²) in [5, 5.41) is 12.1. The number of aliphatic hydroxyl groups is 1. The minimum Gasteiger partial charge on any atom is -0.395 e. The van der Waals surface area contributed by atoms with Crippen molar-refractivity contribution in [3.63, 3.8) is 0 Å². The lowest BCUT2D eigenvalue weighted by molar-refractivity contribution is 0.189. The van der Waals surface area contributed by atoms with Gasteiger partial charge in [0, 0.05) is 50.4 Å². The fraction of sp³-hybridized carbons (Fsp3) is 0.412. The van der Waals surface area contributed by atoms with Crippen LogP contribution in [0.3, 0.4) is 0 Å². The third-order valence-corrected chi connectivity index (χ3v) is 4.75. The number of hydrogen-bond donors (Lipinski definition) is 2. The Hall–Kier alpha value is -1.90. The van der Waals surface area contributed by atoms with Crippen LogP contribution < -0.4 is 15.8 Å². The molecule has 25 heavy (non-hydrogen) atoms. The van der Waals surface area contributed by atoms with Crippen molar-refractivity contribution in [2.24, 2.45) is 7.05 Å². The van der Waals surface area contributed by atoms with Gasteiger partial charge in [-0.25, -0.2) is 4.98 Å². The second kappa shape index (κ2) is 7.99. The van der Waals surface area contributed by atoms with E-state index in [9.17, 15) is 4.79 Å². The molecule has 3 rings (SSSR count). The number of nitrogens with zero attached hydrogens (tertiary/aromatic N) is 4. The van der Waals surface area contributed by atoms with Crippen molar-refractivity contribution in [3.05, 3.63) is 45.4 Å². The monoisotopic (exact) mass is 407 g/mol. The summed E-state index contributed by atoms with van der Waals surface area (Å²) in [4.78, 5) is 21.1. The second-order valence-corrected chi connectivity index (χ2v) is 6.98. The Labute approximate surface area is 155 Å². The molecule has 2 aromatic rings. The molecule has 1 aliphatic heterocycles. The fourth-order valence-corrected chi connectivity index (χ4v) is 3.45. The highest BCUT2D eigenvalue weighted by Gasteiger charge is 2.16. The molecule has 1 saturated heterocycles. The van der Waals surface area contributed by atoms with Crippen LogP contribution in [-0.4, -0.2) is 58.9 Å². The van der Waals surface area contributed by atoms with Gasteiger partial charge >= 0.3 is 0 Å². The first-order valence-electron chi connectivity index (χ1n) is 8.24. The van der Waals surface area contributed by atoms with Crippen LogP contribution in [0.5, 0.6) is 0 Å². The van der Waals surface area contributed by atoms with Crippen molar-refractivity contribution >= 4 is 33.1 Å². The number of nitrogens with one attached hydrogen (secondary N) is 1. The van der Waals surface area contributed by atoms with E-state index in [0.29, 0.717) is 11.5 Å². The Morgan fingerprint density at radius 1 is 1.28 bits per heavy atom. The summed E-state index contributed by atoms with van der Waals surface area (Å²) in [6.45, 7) is 4.65. The Bertz CT molecular complexity index is 770. The molecule has 7 nitrogen and oxygen atoms in total. The third kappa shape index (κ3) is 4.39. The van der Waals surface area contributed by atoms with Gasteiger partial charge in [0.05, 0.1) is 18.5 Å². The quantitative estimate of drug-likeness (QED) is 0.780. The van der Waals surface area contributed by atoms with Gasteiger partial charge in [0.25, 0.3) is 5.56 Å². The number of aryl methyl sites for hydroxylation is 1. The number of aliphatic hydroxyl groups excluding tert-OH is 1. The molecule has 1 aliphatic rings. The molecule has 0 aromatic carbocycles. The average Bonchev–Trinajstić information content (AvgIpc) is 2.61. The van der Waals surface area contributed by atoms with Crippen molar-refractivity contribution < 1.29 is 5.11 Å². The lowest BCUT2D eigenvalue weighted by atomic mass is 10.2. The SMILES string of the molecule is Cn1cc(Br)cc(Nc2ccc(N3CCN(CCO)CC3)cn2)c1=O. The molecule has 2 aromatic heterocycles. The molecule has 1 fully saturated rings. The van der Waals surface area contributed by atoms with Gasteiger partial charge in [-0.1, -0.05) is 0 Å². The Balaban J connectivity index is 1.66. The van der Waals surface area contributed by atoms with Crippen LogP contribution in [0, 0.1) is 0 Å². The minimum absolute atomic E-state index is 0.103. The number of piperazine rings is 1. The van der Waals surface area contributed by atoms with Gasteiger partial charge < -0.3 is 19.9 Å². The number of rotatable bonds is 5. The van der Waals surface area contributed by atoms with Gasteiger partial charge in [0.15, 0.2) is 0 Å². The third-order valence-electron chi connectivity index (χ3n) is 4.31. The number of hydrogen-bond acceptors (Lipinski definition) is 6. The van der Waals surface area contributed by atoms with E-state index in [2.05, 4.69) is 36.0 Å². The van der Waals surface area contributed by atoms with Crippen LogP contribution in [0.2, 0.25) is 0 Å². The predicted molar refractivity (Wildman–Crippen MR) is 103 cm³/mol. The van der Waals surface area contributed by atoms with Crippen LogP contribution in [0.4, 0.5) is 17.2 Å². The van der Waals surface area contributed by atoms with Crippen molar-refractivity contribution in [2.45, 2.75) is 0 Å². The lowest BCUT2D eigenvalue weighted by Crippen LogP contribution is -2.47. The zero-order valence-electron chi connectivity index (χ0n) is 14.2. The van der Waals surface area contributed by atoms with Crippen molar-refractivity contribution in [2.75, 3.05) is 49.5 Å². The molecule has 0 unspecified atom stereocenters. The first-order chi connectivity index (χ1) is 12.1. The van der Waals surface area contributed by atoms with E-state index in [0.717, 1.165) is 42.9 Å². The smallest absolute Gasteiger partial charge is 0.274 e. The molecule has 0 spiro atoms. The topological polar surface area (TPSA) is 73.6 Å². The first kappa shape index (κ1) is 17.9. The molecule has 0 aliphatic carbocycles. The normalized spacial score (nSPS) is 15.4. The fourth-order valence-electron chi connectivity index (χ4n) is 2.92. The molecular weight excluding hydrogens is 386 g/mol. The molecule has 3 heterocycles. The number of aromatic nitrogens is 2. The first-order valence-corrected chi connectivity index (χ1v) is 9.03. The minimum atomic E-state index is -0.103. The second-order valence-electron chi connectivity index (χ2n) is 6.07. The molecule has 0 radical (unpaired) electrons. The maximum absolute atomic E-state index is 12.1. The zero-order chi connectivity index (χ0) is 17.8. The van der Waals surface area contributed by atoms with Crippen molar-refractivity contribution in [1.29, 1.82) is 0 Å². The van der Waals surface area contributed by atoms with Gasteiger partial charge in [0.2, 0.25) is 0 Å². The molecule has 0 bridgehead atoms. The molecule has 2 N–H and O–H groups in total. The highest BCUT2D eigenvalue weighted by atomic mass is 79.9. The van der Waals surface area contributed by atoms with Crippen molar-refractivity contribution in [3.8, 4) is 0 Å². The largest absolute Gasteiger partial charge is 0.395 e. The molecule has 134 valence electrons. The van der Waals surface area contributed by atoms with Gasteiger partial charge in [-0.15, -0.1) is 0 Å². The van der Waals surface area contributed by atoms with Crippen LogP contribution in [-0.2, 0) is 7.05 Å². The maximum atomic E-state index is 12.1. The van der Waals surface area contributed by atoms with E-state index < -0.39 is 0 Å². The summed E-state index contributed by atoms with van der Waals surface area (Å²) < 4.78 is 2.35. The van der Waals surface area contributed by atoms with E-state index in [1.165, 1.54) is 4.57 Å². The van der Waals surface area contributed by atoms with Gasteiger partial charge in [-0.2, -0.15) is 0 Å². The average molecular weight is 408 g/mol. The number of halogens is 1. The number of anilines is 3. The number of pyridine rings is 2. The molecule has 0 amide bonds. The van der Waals surface area contributed by atoms with Gasteiger partial charge in [-0.05, 0) is 34.1 Å². The standard InChI is InChI=1S/C17H22BrN5O2/c1-21-12-13(18)10-15(17(21)25)20-16-3-2-14(11-19-16)23-6-4-22(5-7-23)8-9-24/h2-3,10-12,24H,4-9H2,1H3,(H,19,20). The summed E-state index contributed by atoms with van der Waals surface area (Å²) in [6.07, 6.45) is 3.55. The van der Waals surface area contributed by atoms with Crippen molar-refractivity contribution in [1.82, 2.24) is 14.5 Å². The summed E-state index contributed by atoms with van der Waals surface area (Å²) in [5.41, 5.74) is 1.44. The molecule has 8 heteroatoms. The highest BCUT2D eigenvalue weighted by Crippen LogP contribution is 2.20.